The molecule has 6 heavy (non-hydrogen) atoms. The molecule has 4 nitrogen and oxygen atoms in total. The first-order valence-electron chi connectivity index (χ1n) is 1.35. The lowest BCUT2D eigenvalue weighted by molar-refractivity contribution is 0.177. The Labute approximate surface area is 35.0 Å². The van der Waals surface area contributed by atoms with Gasteiger partial charge in [-0.15, -0.1) is 0 Å². The first-order valence-corrected chi connectivity index (χ1v) is 1.35. The van der Waals surface area contributed by atoms with Gasteiger partial charge < -0.3 is 5.02 Å². The van der Waals surface area contributed by atoms with Crippen LogP contribution in [0, 0.1) is 0 Å². The van der Waals surface area contributed by atoms with E-state index >= 15 is 0 Å². The summed E-state index contributed by atoms with van der Waals surface area (Å²) in [5.74, 6) is -0.796. The zero-order chi connectivity index (χ0) is 4.99. The molecule has 1 amide bonds. The molecule has 0 aromatic carbocycles. The van der Waals surface area contributed by atoms with E-state index in [1.54, 1.807) is 0 Å². The van der Waals surface area contributed by atoms with E-state index in [1.165, 1.54) is 5.48 Å². The number of hydroxylamine groups is 1. The van der Waals surface area contributed by atoms with E-state index in [0.717, 1.165) is 0 Å². The van der Waals surface area contributed by atoms with Gasteiger partial charge >= 0.3 is 7.48 Å². The van der Waals surface area contributed by atoms with Gasteiger partial charge in [0, 0.05) is 0 Å². The predicted octanol–water partition coefficient (Wildman–Crippen LogP) is -1.57. The number of nitrogens with one attached hydrogen (secondary N) is 1. The highest BCUT2D eigenvalue weighted by Gasteiger charge is 1.93. The summed E-state index contributed by atoms with van der Waals surface area (Å²) in [7, 11) is -0.670. The molecule has 0 radical (unpaired) electrons. The van der Waals surface area contributed by atoms with E-state index < -0.39 is 13.3 Å². The summed E-state index contributed by atoms with van der Waals surface area (Å²) < 4.78 is 0. The maximum Gasteiger partial charge on any atom is 0.380 e. The maximum atomic E-state index is 9.57. The Balaban J connectivity index is 2.99. The molecule has 0 fully saturated rings. The van der Waals surface area contributed by atoms with Crippen molar-refractivity contribution in [2.45, 2.75) is 0 Å². The Morgan fingerprint density at radius 2 is 2.33 bits per heavy atom. The van der Waals surface area contributed by atoms with Crippen molar-refractivity contribution < 1.29 is 15.0 Å². The van der Waals surface area contributed by atoms with Gasteiger partial charge in [0.25, 0.3) is 0 Å². The monoisotopic (exact) mass is 89.0 g/mol. The summed E-state index contributed by atoms with van der Waals surface area (Å²) in [6.07, 6.45) is 0. The van der Waals surface area contributed by atoms with Crippen molar-refractivity contribution >= 4 is 13.3 Å². The van der Waals surface area contributed by atoms with Crippen LogP contribution in [0.1, 0.15) is 0 Å². The highest BCUT2D eigenvalue weighted by Crippen LogP contribution is 1.53. The van der Waals surface area contributed by atoms with Crippen molar-refractivity contribution in [1.82, 2.24) is 5.48 Å². The second kappa shape index (κ2) is 2.68. The minimum atomic E-state index is -0.796. The van der Waals surface area contributed by atoms with Crippen LogP contribution in [0.25, 0.3) is 0 Å². The number of hydrogen-bond donors (Lipinski definition) is 3. The van der Waals surface area contributed by atoms with Crippen LogP contribution in [0.3, 0.4) is 0 Å². The zero-order valence-corrected chi connectivity index (χ0v) is 3.01. The average molecular weight is 88.9 g/mol. The molecular weight excluding hydrogens is 84.8 g/mol. The molecule has 0 aliphatic heterocycles. The van der Waals surface area contributed by atoms with Crippen molar-refractivity contribution in [1.29, 1.82) is 0 Å². The van der Waals surface area contributed by atoms with Gasteiger partial charge in [-0.1, -0.05) is 0 Å². The zero-order valence-electron chi connectivity index (χ0n) is 3.01. The summed E-state index contributed by atoms with van der Waals surface area (Å²) in [6, 6.07) is 0. The van der Waals surface area contributed by atoms with Crippen LogP contribution >= 0.6 is 0 Å². The van der Waals surface area contributed by atoms with Crippen LogP contribution in [0.4, 0.5) is 4.79 Å². The number of carbonyl (C=O) groups is 1. The quantitative estimate of drug-likeness (QED) is 0.206. The summed E-state index contributed by atoms with van der Waals surface area (Å²) in [4.78, 5) is 9.57. The average Bonchev–Trinajstić information content (AvgIpc) is 1.65. The molecule has 0 heterocycles. The minimum absolute atomic E-state index is 0.670. The van der Waals surface area contributed by atoms with Gasteiger partial charge in [0.1, 0.15) is 0 Å². The number of hydrogen-bond acceptors (Lipinski definition) is 3. The van der Waals surface area contributed by atoms with Crippen molar-refractivity contribution in [3.63, 3.8) is 0 Å². The van der Waals surface area contributed by atoms with Crippen LogP contribution in [-0.4, -0.2) is 23.5 Å². The van der Waals surface area contributed by atoms with Crippen LogP contribution in [0.15, 0.2) is 0 Å². The van der Waals surface area contributed by atoms with Crippen LogP contribution in [0.5, 0.6) is 0 Å². The molecule has 0 aliphatic rings. The van der Waals surface area contributed by atoms with Gasteiger partial charge in [0.2, 0.25) is 5.81 Å². The van der Waals surface area contributed by atoms with Crippen LogP contribution in [-0.2, 0) is 0 Å². The van der Waals surface area contributed by atoms with Crippen LogP contribution in [0.2, 0.25) is 0 Å². The molecule has 3 N–H and O–H groups in total. The van der Waals surface area contributed by atoms with E-state index in [9.17, 15) is 4.79 Å². The van der Waals surface area contributed by atoms with Gasteiger partial charge in [-0.2, -0.15) is 0 Å². The number of amides is 1. The smallest absolute Gasteiger partial charge is 0.380 e. The Bertz CT molecular complexity index is 48.8. The lowest BCUT2D eigenvalue weighted by Crippen LogP contribution is -2.22. The second-order valence-corrected chi connectivity index (χ2v) is 0.693. The first kappa shape index (κ1) is 5.45. The van der Waals surface area contributed by atoms with Gasteiger partial charge in [0.05, 0.1) is 0 Å². The third kappa shape index (κ3) is 1.74. The first-order chi connectivity index (χ1) is 2.81. The molecule has 5 heteroatoms. The van der Waals surface area contributed by atoms with Crippen molar-refractivity contribution in [3.8, 4) is 0 Å². The van der Waals surface area contributed by atoms with E-state index in [1.807, 2.05) is 0 Å². The lowest BCUT2D eigenvalue weighted by Gasteiger charge is -1.83. The normalized spacial score (nSPS) is 7.00. The Kier molecular flexibility index (Phi) is 2.44. The van der Waals surface area contributed by atoms with Gasteiger partial charge in [-0.25, -0.2) is 5.48 Å². The molecule has 0 spiro atoms. The van der Waals surface area contributed by atoms with Crippen molar-refractivity contribution in [3.05, 3.63) is 0 Å². The van der Waals surface area contributed by atoms with Gasteiger partial charge in [0.15, 0.2) is 0 Å². The maximum absolute atomic E-state index is 9.57. The van der Waals surface area contributed by atoms with Gasteiger partial charge in [-0.05, 0) is 0 Å². The largest absolute Gasteiger partial charge is 0.445 e. The lowest BCUT2D eigenvalue weighted by atomic mass is 10.0. The molecule has 34 valence electrons. The third-order valence-corrected chi connectivity index (χ3v) is 0.268. The standard InChI is InChI=1S/CH4BNO3/c4-1(2-5)3-6/h2,5-6H,(H,3,4). The SMILES string of the molecule is O=C(BO)NO. The van der Waals surface area contributed by atoms with E-state index in [4.69, 9.17) is 10.2 Å². The number of rotatable bonds is 1. The molecular formula is CH4BNO3. The predicted molar refractivity (Wildman–Crippen MR) is 19.7 cm³/mol. The highest BCUT2D eigenvalue weighted by atomic mass is 16.5. The molecule has 0 aromatic rings. The number of carbonyl (C=O) groups excluding carboxylic acids is 1. The fraction of sp³-hybridized carbons (Fsp3) is 0. The topological polar surface area (TPSA) is 69.6 Å². The summed E-state index contributed by atoms with van der Waals surface area (Å²) in [5.41, 5.74) is 1.23. The molecule has 0 aromatic heterocycles. The molecule has 0 atom stereocenters. The Morgan fingerprint density at radius 3 is 2.33 bits per heavy atom. The molecule has 0 rings (SSSR count). The van der Waals surface area contributed by atoms with Gasteiger partial charge in [-0.3, -0.25) is 10.0 Å². The fourth-order valence-electron chi connectivity index (χ4n) is 0.0354. The molecule has 0 saturated carbocycles. The van der Waals surface area contributed by atoms with E-state index in [2.05, 4.69) is 0 Å². The second-order valence-electron chi connectivity index (χ2n) is 0.693. The highest BCUT2D eigenvalue weighted by molar-refractivity contribution is 6.67. The summed E-state index contributed by atoms with van der Waals surface area (Å²) in [5, 5.41) is 15.3. The molecule has 0 unspecified atom stereocenters. The molecule has 0 bridgehead atoms. The third-order valence-electron chi connectivity index (χ3n) is 0.268. The van der Waals surface area contributed by atoms with E-state index in [-0.39, 0.29) is 0 Å². The van der Waals surface area contributed by atoms with Crippen molar-refractivity contribution in [2.75, 3.05) is 0 Å². The Hall–Kier alpha value is -0.545. The molecule has 0 aliphatic carbocycles. The van der Waals surface area contributed by atoms with Crippen LogP contribution < -0.4 is 5.48 Å². The minimum Gasteiger partial charge on any atom is -0.445 e. The summed E-state index contributed by atoms with van der Waals surface area (Å²) >= 11 is 0. The fourth-order valence-corrected chi connectivity index (χ4v) is 0.0354. The van der Waals surface area contributed by atoms with E-state index in [0.29, 0.717) is 0 Å². The Morgan fingerprint density at radius 1 is 1.83 bits per heavy atom. The molecule has 0 saturated heterocycles. The summed E-state index contributed by atoms with van der Waals surface area (Å²) in [6.45, 7) is 0. The van der Waals surface area contributed by atoms with Crippen molar-refractivity contribution in [2.24, 2.45) is 0 Å².